The highest BCUT2D eigenvalue weighted by atomic mass is 32.2. The van der Waals surface area contributed by atoms with E-state index < -0.39 is 10.0 Å². The number of hydrogen-bond donors (Lipinski definition) is 2. The quantitative estimate of drug-likeness (QED) is 0.414. The fourth-order valence-corrected chi connectivity index (χ4v) is 5.13. The van der Waals surface area contributed by atoms with E-state index in [1.165, 1.54) is 18.9 Å². The molecule has 0 atom stereocenters. The number of aryl methyl sites for hydroxylation is 1. The molecule has 9 nitrogen and oxygen atoms in total. The van der Waals surface area contributed by atoms with Gasteiger partial charge in [0.2, 0.25) is 5.95 Å². The maximum absolute atomic E-state index is 13.1. The molecule has 1 aliphatic heterocycles. The summed E-state index contributed by atoms with van der Waals surface area (Å²) in [4.78, 5) is 11.4. The topological polar surface area (TPSA) is 106 Å². The second kappa shape index (κ2) is 10.8. The molecule has 3 aromatic rings. The molecule has 2 N–H and O–H groups in total. The highest BCUT2D eigenvalue weighted by Gasteiger charge is 2.21. The van der Waals surface area contributed by atoms with Gasteiger partial charge in [0, 0.05) is 42.3 Å². The molecule has 4 rings (SSSR count). The smallest absolute Gasteiger partial charge is 0.265 e. The van der Waals surface area contributed by atoms with Gasteiger partial charge in [-0.2, -0.15) is 4.98 Å². The molecular formula is C25H31N5O4S. The van der Waals surface area contributed by atoms with Crippen LogP contribution < -0.4 is 24.4 Å². The standard InChI is InChI=1S/C25H31N5O4S/c1-4-33-21-12-13-22(34-5-2)23(17-21)35(31,32)29-20-10-8-19(9-11-20)27-25-26-18(3)16-24(28-25)30-14-6-7-15-30/h8-13,16-17,29H,4-7,14-15H2,1-3H3,(H,26,27,28). The molecule has 186 valence electrons. The van der Waals surface area contributed by atoms with Crippen LogP contribution in [0.4, 0.5) is 23.1 Å². The molecule has 1 aromatic heterocycles. The SMILES string of the molecule is CCOc1ccc(OCC)c(S(=O)(=O)Nc2ccc(Nc3nc(C)cc(N4CCCC4)n3)cc2)c1. The lowest BCUT2D eigenvalue weighted by molar-refractivity contribution is 0.322. The minimum atomic E-state index is -3.91. The van der Waals surface area contributed by atoms with Gasteiger partial charge in [0.25, 0.3) is 10.0 Å². The summed E-state index contributed by atoms with van der Waals surface area (Å²) in [6, 6.07) is 13.7. The number of sulfonamides is 1. The van der Waals surface area contributed by atoms with Crippen molar-refractivity contribution in [2.75, 3.05) is 41.2 Å². The van der Waals surface area contributed by atoms with Crippen LogP contribution in [0.1, 0.15) is 32.4 Å². The fraction of sp³-hybridized carbons (Fsp3) is 0.360. The van der Waals surface area contributed by atoms with Gasteiger partial charge in [0.05, 0.1) is 13.2 Å². The molecule has 0 aliphatic carbocycles. The first-order valence-electron chi connectivity index (χ1n) is 11.8. The minimum Gasteiger partial charge on any atom is -0.494 e. The molecule has 0 saturated carbocycles. The predicted octanol–water partition coefficient (Wildman–Crippen LogP) is 4.73. The molecule has 1 aliphatic rings. The molecule has 0 radical (unpaired) electrons. The second-order valence-corrected chi connectivity index (χ2v) is 9.82. The predicted molar refractivity (Wildman–Crippen MR) is 138 cm³/mol. The first kappa shape index (κ1) is 24.6. The monoisotopic (exact) mass is 497 g/mol. The van der Waals surface area contributed by atoms with Crippen LogP contribution in [-0.2, 0) is 10.0 Å². The largest absolute Gasteiger partial charge is 0.494 e. The van der Waals surface area contributed by atoms with Gasteiger partial charge in [0.15, 0.2) is 0 Å². The number of nitrogens with one attached hydrogen (secondary N) is 2. The summed E-state index contributed by atoms with van der Waals surface area (Å²) < 4.78 is 39.9. The van der Waals surface area contributed by atoms with Crippen molar-refractivity contribution in [3.05, 3.63) is 54.2 Å². The maximum Gasteiger partial charge on any atom is 0.265 e. The van der Waals surface area contributed by atoms with Crippen LogP contribution in [-0.4, -0.2) is 44.7 Å². The van der Waals surface area contributed by atoms with Crippen molar-refractivity contribution in [3.63, 3.8) is 0 Å². The van der Waals surface area contributed by atoms with E-state index >= 15 is 0 Å². The Kier molecular flexibility index (Phi) is 7.60. The van der Waals surface area contributed by atoms with E-state index in [0.29, 0.717) is 30.6 Å². The highest BCUT2D eigenvalue weighted by molar-refractivity contribution is 7.92. The Balaban J connectivity index is 1.50. The Bertz CT molecular complexity index is 1260. The molecule has 35 heavy (non-hydrogen) atoms. The van der Waals surface area contributed by atoms with Gasteiger partial charge in [-0.15, -0.1) is 0 Å². The third-order valence-electron chi connectivity index (χ3n) is 5.48. The molecule has 2 aromatic carbocycles. The minimum absolute atomic E-state index is 0.0232. The van der Waals surface area contributed by atoms with E-state index in [2.05, 4.69) is 24.9 Å². The number of rotatable bonds is 10. The van der Waals surface area contributed by atoms with Crippen LogP contribution in [0.5, 0.6) is 11.5 Å². The van der Waals surface area contributed by atoms with Gasteiger partial charge < -0.3 is 19.7 Å². The Morgan fingerprint density at radius 3 is 2.29 bits per heavy atom. The molecule has 10 heteroatoms. The Labute approximate surface area is 206 Å². The number of hydrogen-bond acceptors (Lipinski definition) is 8. The van der Waals surface area contributed by atoms with Crippen LogP contribution in [0.25, 0.3) is 0 Å². The number of anilines is 4. The van der Waals surface area contributed by atoms with Gasteiger partial charge >= 0.3 is 0 Å². The van der Waals surface area contributed by atoms with Crippen LogP contribution in [0.2, 0.25) is 0 Å². The van der Waals surface area contributed by atoms with E-state index in [4.69, 9.17) is 9.47 Å². The third-order valence-corrected chi connectivity index (χ3v) is 6.88. The van der Waals surface area contributed by atoms with Crippen molar-refractivity contribution in [2.45, 2.75) is 38.5 Å². The zero-order valence-corrected chi connectivity index (χ0v) is 21.1. The lowest BCUT2D eigenvalue weighted by Crippen LogP contribution is -2.19. The Morgan fingerprint density at radius 1 is 0.914 bits per heavy atom. The molecule has 0 bridgehead atoms. The lowest BCUT2D eigenvalue weighted by atomic mass is 10.3. The molecule has 1 fully saturated rings. The van der Waals surface area contributed by atoms with Gasteiger partial charge in [-0.3, -0.25) is 4.72 Å². The first-order chi connectivity index (χ1) is 16.9. The zero-order valence-electron chi connectivity index (χ0n) is 20.2. The summed E-state index contributed by atoms with van der Waals surface area (Å²) >= 11 is 0. The molecule has 1 saturated heterocycles. The second-order valence-electron chi connectivity index (χ2n) is 8.17. The number of benzene rings is 2. The fourth-order valence-electron chi connectivity index (χ4n) is 3.91. The van der Waals surface area contributed by atoms with E-state index in [1.807, 2.05) is 19.9 Å². The molecule has 0 amide bonds. The lowest BCUT2D eigenvalue weighted by Gasteiger charge is -2.18. The average molecular weight is 498 g/mol. The van der Waals surface area contributed by atoms with E-state index in [9.17, 15) is 8.42 Å². The van der Waals surface area contributed by atoms with Crippen molar-refractivity contribution in [1.29, 1.82) is 0 Å². The van der Waals surface area contributed by atoms with Crippen molar-refractivity contribution in [3.8, 4) is 11.5 Å². The van der Waals surface area contributed by atoms with Crippen molar-refractivity contribution in [1.82, 2.24) is 9.97 Å². The van der Waals surface area contributed by atoms with Gasteiger partial charge in [-0.05, 0) is 70.0 Å². The van der Waals surface area contributed by atoms with Gasteiger partial charge in [-0.25, -0.2) is 13.4 Å². The number of nitrogens with zero attached hydrogens (tertiary/aromatic N) is 3. The van der Waals surface area contributed by atoms with Crippen molar-refractivity contribution >= 4 is 33.2 Å². The molecule has 0 spiro atoms. The van der Waals surface area contributed by atoms with Crippen LogP contribution in [0.3, 0.4) is 0 Å². The van der Waals surface area contributed by atoms with E-state index in [-0.39, 0.29) is 10.6 Å². The average Bonchev–Trinajstić information content (AvgIpc) is 3.36. The summed E-state index contributed by atoms with van der Waals surface area (Å²) in [6.07, 6.45) is 2.34. The molecule has 0 unspecified atom stereocenters. The Hall–Kier alpha value is -3.53. The summed E-state index contributed by atoms with van der Waals surface area (Å²) in [5, 5.41) is 3.22. The maximum atomic E-state index is 13.1. The number of ether oxygens (including phenoxy) is 2. The highest BCUT2D eigenvalue weighted by Crippen LogP contribution is 2.31. The summed E-state index contributed by atoms with van der Waals surface area (Å²) in [5.41, 5.74) is 2.05. The summed E-state index contributed by atoms with van der Waals surface area (Å²) in [6.45, 7) is 8.37. The van der Waals surface area contributed by atoms with Crippen LogP contribution in [0.15, 0.2) is 53.4 Å². The van der Waals surface area contributed by atoms with Gasteiger partial charge in [0.1, 0.15) is 22.2 Å². The third kappa shape index (κ3) is 6.13. The summed E-state index contributed by atoms with van der Waals surface area (Å²) in [7, 11) is -3.91. The van der Waals surface area contributed by atoms with Crippen molar-refractivity contribution < 1.29 is 17.9 Å². The molecule has 2 heterocycles. The van der Waals surface area contributed by atoms with E-state index in [0.717, 1.165) is 30.3 Å². The normalized spacial score (nSPS) is 13.5. The first-order valence-corrected chi connectivity index (χ1v) is 13.3. The number of aromatic nitrogens is 2. The van der Waals surface area contributed by atoms with E-state index in [1.54, 1.807) is 43.3 Å². The van der Waals surface area contributed by atoms with Crippen LogP contribution >= 0.6 is 0 Å². The van der Waals surface area contributed by atoms with Crippen molar-refractivity contribution in [2.24, 2.45) is 0 Å². The van der Waals surface area contributed by atoms with Gasteiger partial charge in [-0.1, -0.05) is 0 Å². The Morgan fingerprint density at radius 2 is 1.60 bits per heavy atom. The summed E-state index contributed by atoms with van der Waals surface area (Å²) in [5.74, 6) is 2.16. The van der Waals surface area contributed by atoms with Crippen LogP contribution in [0, 0.1) is 6.92 Å². The molecular weight excluding hydrogens is 466 g/mol. The zero-order chi connectivity index (χ0) is 24.8.